The van der Waals surface area contributed by atoms with E-state index in [0.29, 0.717) is 44.1 Å². The van der Waals surface area contributed by atoms with E-state index in [4.69, 9.17) is 4.74 Å². The molecule has 184 valence electrons. The molecule has 4 aliphatic rings. The van der Waals surface area contributed by atoms with Crippen molar-refractivity contribution in [1.29, 1.82) is 0 Å². The van der Waals surface area contributed by atoms with Crippen molar-refractivity contribution in [2.45, 2.75) is 96.4 Å². The van der Waals surface area contributed by atoms with Crippen LogP contribution in [0.5, 0.6) is 0 Å². The van der Waals surface area contributed by atoms with Gasteiger partial charge in [0.1, 0.15) is 23.7 Å². The van der Waals surface area contributed by atoms with Crippen molar-refractivity contribution >= 4 is 23.9 Å². The maximum Gasteiger partial charge on any atom is 0.408 e. The van der Waals surface area contributed by atoms with Gasteiger partial charge in [-0.3, -0.25) is 9.59 Å². The van der Waals surface area contributed by atoms with Crippen LogP contribution >= 0.6 is 0 Å². The number of hydrogen-bond acceptors (Lipinski definition) is 5. The van der Waals surface area contributed by atoms with E-state index in [-0.39, 0.29) is 17.9 Å². The number of ether oxygens (including phenoxy) is 1. The van der Waals surface area contributed by atoms with Crippen molar-refractivity contribution in [2.24, 2.45) is 23.2 Å². The summed E-state index contributed by atoms with van der Waals surface area (Å²) in [5.74, 6) is -0.526. The molecule has 9 heteroatoms. The number of hydrogen-bond donors (Lipinski definition) is 3. The number of rotatable bonds is 7. The highest BCUT2D eigenvalue weighted by atomic mass is 16.6. The fourth-order valence-corrected chi connectivity index (χ4v) is 5.77. The van der Waals surface area contributed by atoms with Crippen LogP contribution in [-0.4, -0.2) is 64.2 Å². The topological polar surface area (TPSA) is 125 Å². The summed E-state index contributed by atoms with van der Waals surface area (Å²) in [5, 5.41) is 15.1. The number of fused-ring (bicyclic) bond motifs is 1. The fraction of sp³-hybridized carbons (Fsp3) is 0.833. The molecular weight excluding hydrogens is 426 g/mol. The largest absolute Gasteiger partial charge is 0.479 e. The van der Waals surface area contributed by atoms with Gasteiger partial charge in [-0.25, -0.2) is 9.59 Å². The first-order chi connectivity index (χ1) is 15.5. The summed E-state index contributed by atoms with van der Waals surface area (Å²) in [6, 6.07) is -1.59. The van der Waals surface area contributed by atoms with Crippen LogP contribution in [0.3, 0.4) is 0 Å². The first kappa shape index (κ1) is 23.8. The van der Waals surface area contributed by atoms with Gasteiger partial charge in [0.2, 0.25) is 11.8 Å². The maximum absolute atomic E-state index is 13.5. The van der Waals surface area contributed by atoms with E-state index in [0.717, 1.165) is 12.8 Å². The van der Waals surface area contributed by atoms with Gasteiger partial charge in [-0.2, -0.15) is 0 Å². The predicted octanol–water partition coefficient (Wildman–Crippen LogP) is 2.29. The van der Waals surface area contributed by atoms with Gasteiger partial charge >= 0.3 is 12.1 Å². The third-order valence-corrected chi connectivity index (χ3v) is 8.01. The van der Waals surface area contributed by atoms with Gasteiger partial charge in [0.25, 0.3) is 0 Å². The van der Waals surface area contributed by atoms with Gasteiger partial charge in [-0.1, -0.05) is 34.1 Å². The Hall–Kier alpha value is -2.32. The van der Waals surface area contributed by atoms with Crippen molar-refractivity contribution in [3.8, 4) is 0 Å². The Labute approximate surface area is 195 Å². The Morgan fingerprint density at radius 3 is 2.36 bits per heavy atom. The molecule has 0 spiro atoms. The first-order valence-electron chi connectivity index (χ1n) is 12.3. The summed E-state index contributed by atoms with van der Waals surface area (Å²) in [6.07, 6.45) is 4.52. The molecule has 33 heavy (non-hydrogen) atoms. The molecule has 1 aliphatic heterocycles. The molecule has 0 aromatic carbocycles. The lowest BCUT2D eigenvalue weighted by Crippen LogP contribution is -2.59. The third-order valence-electron chi connectivity index (χ3n) is 8.01. The molecule has 0 aromatic rings. The molecule has 0 aromatic heterocycles. The minimum Gasteiger partial charge on any atom is -0.479 e. The van der Waals surface area contributed by atoms with E-state index in [1.54, 1.807) is 0 Å². The Morgan fingerprint density at radius 2 is 1.82 bits per heavy atom. The molecule has 9 nitrogen and oxygen atoms in total. The molecule has 4 rings (SSSR count). The average molecular weight is 464 g/mol. The number of likely N-dealkylation sites (tertiary alicyclic amines) is 1. The van der Waals surface area contributed by atoms with E-state index in [1.807, 2.05) is 27.7 Å². The van der Waals surface area contributed by atoms with Gasteiger partial charge in [-0.15, -0.1) is 0 Å². The SMILES string of the molecule is CC[C@@H]1C[C@]1(NC(=O)C1CCCN1C(=O)[C@@H](NC(=O)O[C@@H]1C[C@@H]2C[C@@H]2C1)C(C)(C)C)C(=O)O. The van der Waals surface area contributed by atoms with Gasteiger partial charge in [0, 0.05) is 6.54 Å². The number of alkyl carbamates (subject to hydrolysis) is 1. The molecule has 1 heterocycles. The van der Waals surface area contributed by atoms with Gasteiger partial charge < -0.3 is 25.4 Å². The molecule has 3 N–H and O–H groups in total. The lowest BCUT2D eigenvalue weighted by molar-refractivity contribution is -0.146. The summed E-state index contributed by atoms with van der Waals surface area (Å²) in [6.45, 7) is 7.88. The van der Waals surface area contributed by atoms with Gasteiger partial charge in [-0.05, 0) is 61.7 Å². The normalized spacial score (nSPS) is 35.4. The molecular formula is C24H37N3O6. The predicted molar refractivity (Wildman–Crippen MR) is 119 cm³/mol. The van der Waals surface area contributed by atoms with Crippen molar-refractivity contribution in [2.75, 3.05) is 6.54 Å². The highest BCUT2D eigenvalue weighted by molar-refractivity contribution is 5.96. The Kier molecular flexibility index (Phi) is 6.12. The number of carbonyl (C=O) groups excluding carboxylic acids is 3. The second kappa shape index (κ2) is 8.47. The molecule has 7 atom stereocenters. The average Bonchev–Trinajstić information content (AvgIpc) is 3.50. The summed E-state index contributed by atoms with van der Waals surface area (Å²) in [7, 11) is 0. The number of nitrogens with one attached hydrogen (secondary N) is 2. The zero-order chi connectivity index (χ0) is 24.1. The number of amides is 3. The van der Waals surface area contributed by atoms with Gasteiger partial charge in [0.05, 0.1) is 0 Å². The third kappa shape index (κ3) is 4.68. The molecule has 0 radical (unpaired) electrons. The van der Waals surface area contributed by atoms with Crippen LogP contribution in [0.4, 0.5) is 4.79 Å². The Morgan fingerprint density at radius 1 is 1.15 bits per heavy atom. The molecule has 3 aliphatic carbocycles. The van der Waals surface area contributed by atoms with E-state index < -0.39 is 41.0 Å². The van der Waals surface area contributed by atoms with Crippen LogP contribution < -0.4 is 10.6 Å². The highest BCUT2D eigenvalue weighted by Crippen LogP contribution is 2.52. The standard InChI is InChI=1S/C24H37N3O6/c1-5-15-12-24(15,21(30)31)26-19(28)17-7-6-8-27(17)20(29)18(23(2,3)4)25-22(32)33-16-10-13-9-14(13)11-16/h13-18H,5-12H2,1-4H3,(H,25,32)(H,26,28)(H,30,31)/t13-,14+,15-,16+,17?,18-,24-/m1/s1. The van der Waals surface area contributed by atoms with Crippen molar-refractivity contribution < 1.29 is 29.0 Å². The molecule has 0 bridgehead atoms. The first-order valence-corrected chi connectivity index (χ1v) is 12.3. The van der Waals surface area contributed by atoms with E-state index in [2.05, 4.69) is 10.6 Å². The Bertz CT molecular complexity index is 829. The van der Waals surface area contributed by atoms with Gasteiger partial charge in [0.15, 0.2) is 0 Å². The minimum absolute atomic E-state index is 0.0907. The summed E-state index contributed by atoms with van der Waals surface area (Å²) < 4.78 is 5.58. The number of nitrogens with zero attached hydrogens (tertiary/aromatic N) is 1. The summed E-state index contributed by atoms with van der Waals surface area (Å²) >= 11 is 0. The number of carboxylic acid groups (broad SMARTS) is 1. The highest BCUT2D eigenvalue weighted by Gasteiger charge is 2.61. The number of aliphatic carboxylic acids is 1. The maximum atomic E-state index is 13.5. The van der Waals surface area contributed by atoms with Crippen LogP contribution in [0.2, 0.25) is 0 Å². The minimum atomic E-state index is -1.23. The zero-order valence-electron chi connectivity index (χ0n) is 20.1. The number of carbonyl (C=O) groups is 4. The molecule has 1 unspecified atom stereocenters. The molecule has 4 fully saturated rings. The second-order valence-electron chi connectivity index (χ2n) is 11.5. The summed E-state index contributed by atoms with van der Waals surface area (Å²) in [5.41, 5.74) is -1.82. The van der Waals surface area contributed by atoms with Crippen LogP contribution in [0.25, 0.3) is 0 Å². The van der Waals surface area contributed by atoms with E-state index in [1.165, 1.54) is 11.3 Å². The molecule has 3 amide bonds. The molecule has 3 saturated carbocycles. The monoisotopic (exact) mass is 463 g/mol. The van der Waals surface area contributed by atoms with Crippen molar-refractivity contribution in [3.63, 3.8) is 0 Å². The van der Waals surface area contributed by atoms with Crippen LogP contribution in [0, 0.1) is 23.2 Å². The van der Waals surface area contributed by atoms with Crippen molar-refractivity contribution in [3.05, 3.63) is 0 Å². The van der Waals surface area contributed by atoms with E-state index in [9.17, 15) is 24.3 Å². The van der Waals surface area contributed by atoms with E-state index >= 15 is 0 Å². The lowest BCUT2D eigenvalue weighted by Gasteiger charge is -2.35. The van der Waals surface area contributed by atoms with Crippen LogP contribution in [-0.2, 0) is 19.1 Å². The van der Waals surface area contributed by atoms with Crippen LogP contribution in [0.15, 0.2) is 0 Å². The lowest BCUT2D eigenvalue weighted by atomic mass is 9.85. The molecule has 1 saturated heterocycles. The quantitative estimate of drug-likeness (QED) is 0.532. The smallest absolute Gasteiger partial charge is 0.408 e. The van der Waals surface area contributed by atoms with Crippen molar-refractivity contribution in [1.82, 2.24) is 15.5 Å². The van der Waals surface area contributed by atoms with Crippen LogP contribution in [0.1, 0.15) is 72.6 Å². The zero-order valence-corrected chi connectivity index (χ0v) is 20.1. The number of carboxylic acids is 1. The summed E-state index contributed by atoms with van der Waals surface area (Å²) in [4.78, 5) is 52.5. The second-order valence-corrected chi connectivity index (χ2v) is 11.5. The Balaban J connectivity index is 1.41. The fourth-order valence-electron chi connectivity index (χ4n) is 5.77.